The molecule has 0 saturated carbocycles. The van der Waals surface area contributed by atoms with Gasteiger partial charge < -0.3 is 8.97 Å². The van der Waals surface area contributed by atoms with Crippen LogP contribution in [0.25, 0.3) is 0 Å². The third-order valence-corrected chi connectivity index (χ3v) is 17.4. The highest BCUT2D eigenvalue weighted by molar-refractivity contribution is 4.58. The summed E-state index contributed by atoms with van der Waals surface area (Å²) in [5.41, 5.74) is 0. The van der Waals surface area contributed by atoms with Crippen LogP contribution >= 0.6 is 0 Å². The molecule has 0 aromatic heterocycles. The van der Waals surface area contributed by atoms with E-state index in [9.17, 15) is 0 Å². The lowest BCUT2D eigenvalue weighted by atomic mass is 10.0. The van der Waals surface area contributed by atoms with Crippen molar-refractivity contribution in [2.24, 2.45) is 0 Å². The predicted octanol–water partition coefficient (Wildman–Crippen LogP) is 23.8. The van der Waals surface area contributed by atoms with Crippen molar-refractivity contribution in [2.75, 3.05) is 52.4 Å². The summed E-state index contributed by atoms with van der Waals surface area (Å²) in [4.78, 5) is 0. The monoisotopic (exact) mass is 987 g/mol. The smallest absolute Gasteiger partial charge is 0.0786 e. The van der Waals surface area contributed by atoms with E-state index in [2.05, 4.69) is 41.5 Å². The number of unbranched alkanes of at least 4 members (excludes halogenated alkanes) is 47. The molecule has 0 atom stereocenters. The van der Waals surface area contributed by atoms with Gasteiger partial charge in [0.15, 0.2) is 0 Å². The Morgan fingerprint density at radius 1 is 0.114 bits per heavy atom. The molecule has 422 valence electrons. The zero-order chi connectivity index (χ0) is 50.8. The standard InChI is InChI=1S/C68H142N2/c1-7-13-19-23-27-31-37-43-49-55-63-69(61-17-11-5,64-56-50-44-38-32-28-24-20-14-8-2)67-59-53-47-41-35-36-42-48-54-60-68-70(62-18-12-6,65-57-51-45-39-33-29-25-21-15-9-3)66-58-52-46-40-34-30-26-22-16-10-4/h7-68H2,1-6H3/q+2. The lowest BCUT2D eigenvalue weighted by Gasteiger charge is -2.39. The van der Waals surface area contributed by atoms with E-state index in [1.165, 1.54) is 408 Å². The van der Waals surface area contributed by atoms with Crippen LogP contribution in [0.1, 0.15) is 388 Å². The zero-order valence-corrected chi connectivity index (χ0v) is 50.7. The van der Waals surface area contributed by atoms with Gasteiger partial charge in [-0.3, -0.25) is 0 Å². The molecule has 0 fully saturated rings. The van der Waals surface area contributed by atoms with Crippen LogP contribution in [-0.4, -0.2) is 61.3 Å². The second kappa shape index (κ2) is 58.2. The van der Waals surface area contributed by atoms with Crippen LogP contribution < -0.4 is 0 Å². The maximum Gasteiger partial charge on any atom is 0.0786 e. The van der Waals surface area contributed by atoms with Crippen LogP contribution in [-0.2, 0) is 0 Å². The van der Waals surface area contributed by atoms with E-state index >= 15 is 0 Å². The van der Waals surface area contributed by atoms with E-state index in [1.807, 2.05) is 0 Å². The van der Waals surface area contributed by atoms with Gasteiger partial charge in [-0.1, -0.05) is 298 Å². The fourth-order valence-electron chi connectivity index (χ4n) is 12.4. The van der Waals surface area contributed by atoms with Gasteiger partial charge >= 0.3 is 0 Å². The van der Waals surface area contributed by atoms with E-state index in [-0.39, 0.29) is 0 Å². The molecule has 2 heteroatoms. The minimum atomic E-state index is 1.37. The molecular formula is C68H142N2+2. The van der Waals surface area contributed by atoms with Crippen LogP contribution in [0, 0.1) is 0 Å². The quantitative estimate of drug-likeness (QED) is 0.0421. The minimum Gasteiger partial charge on any atom is -0.324 e. The molecule has 2 nitrogen and oxygen atoms in total. The molecule has 0 rings (SSSR count). The molecule has 0 saturated heterocycles. The first-order valence-electron chi connectivity index (χ1n) is 34.3. The van der Waals surface area contributed by atoms with Gasteiger partial charge in [0.05, 0.1) is 52.4 Å². The lowest BCUT2D eigenvalue weighted by molar-refractivity contribution is -0.929. The average molecular weight is 988 g/mol. The maximum absolute atomic E-state index is 2.44. The molecule has 0 amide bonds. The summed E-state index contributed by atoms with van der Waals surface area (Å²) >= 11 is 0. The number of quaternary nitrogens is 2. The normalized spacial score (nSPS) is 12.3. The van der Waals surface area contributed by atoms with Crippen molar-refractivity contribution in [1.82, 2.24) is 0 Å². The van der Waals surface area contributed by atoms with Gasteiger partial charge in [-0.15, -0.1) is 0 Å². The molecule has 0 spiro atoms. The van der Waals surface area contributed by atoms with E-state index in [0.717, 1.165) is 0 Å². The van der Waals surface area contributed by atoms with Crippen molar-refractivity contribution in [1.29, 1.82) is 0 Å². The number of hydrogen-bond donors (Lipinski definition) is 0. The SMILES string of the molecule is CCCCCCCCCCCC[N+](CCCC)(CCCCCCCCCCCC)CCCCCCCCCCCC[N+](CCCC)(CCCCCCCCCCCC)CCCCCCCCCCCC. The van der Waals surface area contributed by atoms with Crippen molar-refractivity contribution in [2.45, 2.75) is 388 Å². The van der Waals surface area contributed by atoms with Gasteiger partial charge in [-0.05, 0) is 89.9 Å². The molecule has 0 aliphatic carbocycles. The molecule has 0 N–H and O–H groups in total. The summed E-state index contributed by atoms with van der Waals surface area (Å²) in [6.07, 6.45) is 79.0. The minimum absolute atomic E-state index is 1.37. The molecule has 0 aromatic carbocycles. The Morgan fingerprint density at radius 2 is 0.214 bits per heavy atom. The first-order valence-corrected chi connectivity index (χ1v) is 34.3. The molecule has 0 heterocycles. The predicted molar refractivity (Wildman–Crippen MR) is 323 cm³/mol. The van der Waals surface area contributed by atoms with Gasteiger partial charge in [0, 0.05) is 0 Å². The van der Waals surface area contributed by atoms with Gasteiger partial charge in [-0.25, -0.2) is 0 Å². The van der Waals surface area contributed by atoms with E-state index < -0.39 is 0 Å². The Kier molecular flexibility index (Phi) is 58.1. The molecule has 0 unspecified atom stereocenters. The highest BCUT2D eigenvalue weighted by Gasteiger charge is 2.27. The summed E-state index contributed by atoms with van der Waals surface area (Å²) in [5.74, 6) is 0. The van der Waals surface area contributed by atoms with Crippen molar-refractivity contribution in [3.63, 3.8) is 0 Å². The third-order valence-electron chi connectivity index (χ3n) is 17.4. The fraction of sp³-hybridized carbons (Fsp3) is 1.00. The Bertz CT molecular complexity index is 806. The summed E-state index contributed by atoms with van der Waals surface area (Å²) in [6, 6.07) is 0. The Hall–Kier alpha value is -0.0800. The second-order valence-corrected chi connectivity index (χ2v) is 24.4. The van der Waals surface area contributed by atoms with Crippen LogP contribution in [0.2, 0.25) is 0 Å². The first-order chi connectivity index (χ1) is 34.6. The maximum atomic E-state index is 2.44. The molecule has 0 bridgehead atoms. The Balaban J connectivity index is 4.89. The zero-order valence-electron chi connectivity index (χ0n) is 50.7. The van der Waals surface area contributed by atoms with Crippen LogP contribution in [0.4, 0.5) is 0 Å². The Labute approximate surface area is 447 Å². The van der Waals surface area contributed by atoms with Crippen molar-refractivity contribution >= 4 is 0 Å². The topological polar surface area (TPSA) is 0 Å². The van der Waals surface area contributed by atoms with Crippen molar-refractivity contribution < 1.29 is 8.97 Å². The van der Waals surface area contributed by atoms with E-state index in [0.29, 0.717) is 0 Å². The van der Waals surface area contributed by atoms with Crippen LogP contribution in [0.15, 0.2) is 0 Å². The van der Waals surface area contributed by atoms with E-state index in [1.54, 1.807) is 0 Å². The summed E-state index contributed by atoms with van der Waals surface area (Å²) < 4.78 is 2.94. The molecule has 0 aliphatic heterocycles. The highest BCUT2D eigenvalue weighted by Crippen LogP contribution is 2.23. The lowest BCUT2D eigenvalue weighted by Crippen LogP contribution is -2.50. The van der Waals surface area contributed by atoms with Gasteiger partial charge in [-0.2, -0.15) is 0 Å². The van der Waals surface area contributed by atoms with Gasteiger partial charge in [0.2, 0.25) is 0 Å². The molecule has 0 aromatic rings. The van der Waals surface area contributed by atoms with Crippen molar-refractivity contribution in [3.05, 3.63) is 0 Å². The Morgan fingerprint density at radius 3 is 0.343 bits per heavy atom. The molecule has 70 heavy (non-hydrogen) atoms. The molecular weight excluding hydrogens is 845 g/mol. The van der Waals surface area contributed by atoms with Gasteiger partial charge in [0.25, 0.3) is 0 Å². The molecule has 0 radical (unpaired) electrons. The number of rotatable bonds is 63. The third kappa shape index (κ3) is 48.8. The summed E-state index contributed by atoms with van der Waals surface area (Å²) in [5, 5.41) is 0. The average Bonchev–Trinajstić information content (AvgIpc) is 3.37. The summed E-state index contributed by atoms with van der Waals surface area (Å²) in [6.45, 7) is 26.0. The van der Waals surface area contributed by atoms with Crippen molar-refractivity contribution in [3.8, 4) is 0 Å². The van der Waals surface area contributed by atoms with Crippen LogP contribution in [0.3, 0.4) is 0 Å². The fourth-order valence-corrected chi connectivity index (χ4v) is 12.4. The summed E-state index contributed by atoms with van der Waals surface area (Å²) in [7, 11) is 0. The number of hydrogen-bond acceptors (Lipinski definition) is 0. The molecule has 0 aliphatic rings. The second-order valence-electron chi connectivity index (χ2n) is 24.4. The highest BCUT2D eigenvalue weighted by atomic mass is 15.4. The first kappa shape index (κ1) is 69.9. The number of nitrogens with zero attached hydrogens (tertiary/aromatic N) is 2. The van der Waals surface area contributed by atoms with Crippen LogP contribution in [0.5, 0.6) is 0 Å². The van der Waals surface area contributed by atoms with E-state index in [4.69, 9.17) is 0 Å². The largest absolute Gasteiger partial charge is 0.324 e. The van der Waals surface area contributed by atoms with Gasteiger partial charge in [0.1, 0.15) is 0 Å².